The van der Waals surface area contributed by atoms with Crippen molar-refractivity contribution in [3.05, 3.63) is 70.7 Å². The molecule has 6 heteroatoms. The molecule has 2 amide bonds. The van der Waals surface area contributed by atoms with Gasteiger partial charge >= 0.3 is 0 Å². The van der Waals surface area contributed by atoms with E-state index in [9.17, 15) is 9.59 Å². The molecule has 0 aliphatic heterocycles. The van der Waals surface area contributed by atoms with Gasteiger partial charge in [-0.2, -0.15) is 0 Å². The van der Waals surface area contributed by atoms with E-state index in [2.05, 4.69) is 10.6 Å². The summed E-state index contributed by atoms with van der Waals surface area (Å²) in [6.07, 6.45) is 0.617. The SMILES string of the molecule is CC(C)[C@H](N)C(=O)NCC(=O)NC(Cc1ccc(Cl)cc1)c1ccccc1. The molecule has 0 fully saturated rings. The Kier molecular flexibility index (Phi) is 7.82. The minimum absolute atomic E-state index is 0.00929. The number of carbonyl (C=O) groups excluding carboxylic acids is 2. The topological polar surface area (TPSA) is 84.2 Å². The Labute approximate surface area is 165 Å². The van der Waals surface area contributed by atoms with Gasteiger partial charge in [0.15, 0.2) is 0 Å². The van der Waals surface area contributed by atoms with Crippen molar-refractivity contribution in [2.24, 2.45) is 11.7 Å². The average molecular weight is 388 g/mol. The van der Waals surface area contributed by atoms with Crippen LogP contribution in [0.1, 0.15) is 31.0 Å². The summed E-state index contributed by atoms with van der Waals surface area (Å²) in [7, 11) is 0. The van der Waals surface area contributed by atoms with Gasteiger partial charge in [-0.1, -0.05) is 67.9 Å². The third-order valence-corrected chi connectivity index (χ3v) is 4.59. The van der Waals surface area contributed by atoms with Crippen molar-refractivity contribution in [2.45, 2.75) is 32.4 Å². The first-order valence-electron chi connectivity index (χ1n) is 8.99. The van der Waals surface area contributed by atoms with Crippen LogP contribution in [0.4, 0.5) is 0 Å². The monoisotopic (exact) mass is 387 g/mol. The number of halogens is 1. The fourth-order valence-corrected chi connectivity index (χ4v) is 2.75. The number of nitrogens with one attached hydrogen (secondary N) is 2. The van der Waals surface area contributed by atoms with Gasteiger partial charge in [0.05, 0.1) is 18.6 Å². The van der Waals surface area contributed by atoms with E-state index in [0.29, 0.717) is 11.4 Å². The Morgan fingerprint density at radius 1 is 1.04 bits per heavy atom. The molecule has 0 aliphatic rings. The normalized spacial score (nSPS) is 13.1. The van der Waals surface area contributed by atoms with Crippen LogP contribution < -0.4 is 16.4 Å². The van der Waals surface area contributed by atoms with E-state index < -0.39 is 6.04 Å². The largest absolute Gasteiger partial charge is 0.347 e. The molecule has 4 N–H and O–H groups in total. The lowest BCUT2D eigenvalue weighted by atomic mass is 9.99. The summed E-state index contributed by atoms with van der Waals surface area (Å²) in [5.41, 5.74) is 7.85. The smallest absolute Gasteiger partial charge is 0.239 e. The molecule has 0 radical (unpaired) electrons. The van der Waals surface area contributed by atoms with Gasteiger partial charge < -0.3 is 16.4 Å². The second-order valence-corrected chi connectivity index (χ2v) is 7.29. The standard InChI is InChI=1S/C21H26ClN3O2/c1-14(2)20(23)21(27)24-13-19(26)25-18(16-6-4-3-5-7-16)12-15-8-10-17(22)11-9-15/h3-11,14,18,20H,12-13,23H2,1-2H3,(H,24,27)(H,25,26)/t18?,20-/m0/s1. The summed E-state index contributed by atoms with van der Waals surface area (Å²) in [5.74, 6) is -0.578. The molecule has 0 aliphatic carbocycles. The van der Waals surface area contributed by atoms with E-state index >= 15 is 0 Å². The predicted octanol–water partition coefficient (Wildman–Crippen LogP) is 2.84. The first-order chi connectivity index (χ1) is 12.9. The Balaban J connectivity index is 2.02. The maximum atomic E-state index is 12.4. The van der Waals surface area contributed by atoms with Gasteiger partial charge in [0.1, 0.15) is 0 Å². The van der Waals surface area contributed by atoms with E-state index in [1.54, 1.807) is 0 Å². The van der Waals surface area contributed by atoms with Crippen LogP contribution in [0.5, 0.6) is 0 Å². The molecule has 0 aromatic heterocycles. The molecule has 0 bridgehead atoms. The first-order valence-corrected chi connectivity index (χ1v) is 9.36. The molecule has 0 heterocycles. The van der Waals surface area contributed by atoms with Crippen molar-refractivity contribution in [3.63, 3.8) is 0 Å². The quantitative estimate of drug-likeness (QED) is 0.651. The summed E-state index contributed by atoms with van der Waals surface area (Å²) >= 11 is 5.95. The molecule has 0 saturated carbocycles. The van der Waals surface area contributed by atoms with E-state index in [1.165, 1.54) is 0 Å². The Morgan fingerprint density at radius 2 is 1.67 bits per heavy atom. The number of rotatable bonds is 8. The molecular weight excluding hydrogens is 362 g/mol. The number of hydrogen-bond donors (Lipinski definition) is 3. The fraction of sp³-hybridized carbons (Fsp3) is 0.333. The Bertz CT molecular complexity index is 748. The highest BCUT2D eigenvalue weighted by molar-refractivity contribution is 6.30. The Hall–Kier alpha value is -2.37. The van der Waals surface area contributed by atoms with Gasteiger partial charge in [-0.25, -0.2) is 0 Å². The number of nitrogens with two attached hydrogens (primary N) is 1. The summed E-state index contributed by atoms with van der Waals surface area (Å²) < 4.78 is 0. The highest BCUT2D eigenvalue weighted by Crippen LogP contribution is 2.19. The molecule has 0 saturated heterocycles. The van der Waals surface area contributed by atoms with Crippen LogP contribution in [0.25, 0.3) is 0 Å². The molecule has 0 spiro atoms. The molecule has 2 rings (SSSR count). The van der Waals surface area contributed by atoms with Gasteiger partial charge in [0.2, 0.25) is 11.8 Å². The van der Waals surface area contributed by atoms with Crippen LogP contribution in [0.3, 0.4) is 0 Å². The zero-order valence-electron chi connectivity index (χ0n) is 15.6. The number of carbonyl (C=O) groups is 2. The van der Waals surface area contributed by atoms with Gasteiger partial charge in [-0.15, -0.1) is 0 Å². The highest BCUT2D eigenvalue weighted by atomic mass is 35.5. The Morgan fingerprint density at radius 3 is 2.26 bits per heavy atom. The van der Waals surface area contributed by atoms with Crippen molar-refractivity contribution in [1.29, 1.82) is 0 Å². The van der Waals surface area contributed by atoms with Crippen LogP contribution in [0.15, 0.2) is 54.6 Å². The summed E-state index contributed by atoms with van der Waals surface area (Å²) in [4.78, 5) is 24.3. The molecule has 2 aromatic carbocycles. The van der Waals surface area contributed by atoms with Crippen LogP contribution in [-0.4, -0.2) is 24.4 Å². The minimum Gasteiger partial charge on any atom is -0.347 e. The molecular formula is C21H26ClN3O2. The van der Waals surface area contributed by atoms with Gasteiger partial charge in [-0.3, -0.25) is 9.59 Å². The average Bonchev–Trinajstić information content (AvgIpc) is 2.67. The zero-order valence-corrected chi connectivity index (χ0v) is 16.4. The van der Waals surface area contributed by atoms with Crippen LogP contribution in [-0.2, 0) is 16.0 Å². The number of hydrogen-bond acceptors (Lipinski definition) is 3. The molecule has 2 atom stereocenters. The lowest BCUT2D eigenvalue weighted by molar-refractivity contribution is -0.127. The first kappa shape index (κ1) is 20.9. The second kappa shape index (κ2) is 10.1. The summed E-state index contributed by atoms with van der Waals surface area (Å²) in [6.45, 7) is 3.62. The van der Waals surface area contributed by atoms with Crippen LogP contribution in [0, 0.1) is 5.92 Å². The van der Waals surface area contributed by atoms with Crippen molar-refractivity contribution in [1.82, 2.24) is 10.6 Å². The fourth-order valence-electron chi connectivity index (χ4n) is 2.63. The third kappa shape index (κ3) is 6.70. The van der Waals surface area contributed by atoms with E-state index in [-0.39, 0.29) is 30.3 Å². The molecule has 1 unspecified atom stereocenters. The minimum atomic E-state index is -0.628. The highest BCUT2D eigenvalue weighted by Gasteiger charge is 2.19. The maximum Gasteiger partial charge on any atom is 0.239 e. The second-order valence-electron chi connectivity index (χ2n) is 6.85. The summed E-state index contributed by atoms with van der Waals surface area (Å²) in [6, 6.07) is 16.4. The van der Waals surface area contributed by atoms with E-state index in [1.807, 2.05) is 68.4 Å². The van der Waals surface area contributed by atoms with Crippen molar-refractivity contribution >= 4 is 23.4 Å². The zero-order chi connectivity index (χ0) is 19.8. The molecule has 27 heavy (non-hydrogen) atoms. The van der Waals surface area contributed by atoms with Gasteiger partial charge in [0.25, 0.3) is 0 Å². The van der Waals surface area contributed by atoms with Crippen molar-refractivity contribution in [3.8, 4) is 0 Å². The lowest BCUT2D eigenvalue weighted by Gasteiger charge is -2.20. The summed E-state index contributed by atoms with van der Waals surface area (Å²) in [5, 5.41) is 6.26. The maximum absolute atomic E-state index is 12.4. The van der Waals surface area contributed by atoms with E-state index in [0.717, 1.165) is 11.1 Å². The third-order valence-electron chi connectivity index (χ3n) is 4.33. The number of benzene rings is 2. The van der Waals surface area contributed by atoms with Crippen LogP contribution >= 0.6 is 11.6 Å². The predicted molar refractivity (Wildman–Crippen MR) is 108 cm³/mol. The van der Waals surface area contributed by atoms with Crippen LogP contribution in [0.2, 0.25) is 5.02 Å². The molecule has 2 aromatic rings. The molecule has 144 valence electrons. The van der Waals surface area contributed by atoms with Gasteiger partial charge in [-0.05, 0) is 35.6 Å². The van der Waals surface area contributed by atoms with E-state index in [4.69, 9.17) is 17.3 Å². The van der Waals surface area contributed by atoms with Crippen molar-refractivity contribution < 1.29 is 9.59 Å². The van der Waals surface area contributed by atoms with Gasteiger partial charge in [0, 0.05) is 5.02 Å². The lowest BCUT2D eigenvalue weighted by Crippen LogP contribution is -2.47. The molecule has 5 nitrogen and oxygen atoms in total. The van der Waals surface area contributed by atoms with Crippen molar-refractivity contribution in [2.75, 3.05) is 6.54 Å². The number of amides is 2.